The predicted molar refractivity (Wildman–Crippen MR) is 42.6 cm³/mol. The summed E-state index contributed by atoms with van der Waals surface area (Å²) in [5.74, 6) is -4.91. The summed E-state index contributed by atoms with van der Waals surface area (Å²) >= 11 is 0. The van der Waals surface area contributed by atoms with Crippen molar-refractivity contribution in [1.29, 1.82) is 0 Å². The highest BCUT2D eigenvalue weighted by Gasteiger charge is 2.33. The number of rotatable bonds is 3. The minimum Gasteiger partial charge on any atom is -0.476 e. The Balaban J connectivity index is 3.23. The molecule has 0 bridgehead atoms. The number of aromatic carboxylic acids is 1. The van der Waals surface area contributed by atoms with Gasteiger partial charge in [0.15, 0.2) is 11.4 Å². The Morgan fingerprint density at radius 3 is 2.47 bits per heavy atom. The van der Waals surface area contributed by atoms with Crippen LogP contribution >= 0.6 is 0 Å². The van der Waals surface area contributed by atoms with Gasteiger partial charge in [0.05, 0.1) is 0 Å². The molecule has 0 spiro atoms. The lowest BCUT2D eigenvalue weighted by Crippen LogP contribution is -2.19. The van der Waals surface area contributed by atoms with E-state index in [9.17, 15) is 26.7 Å². The SMILES string of the molecule is O=C(O)c1nc(F)c(OC(F)(F)F)cc1CF. The van der Waals surface area contributed by atoms with E-state index in [4.69, 9.17) is 5.11 Å². The fourth-order valence-corrected chi connectivity index (χ4v) is 0.995. The summed E-state index contributed by atoms with van der Waals surface area (Å²) in [6.07, 6.45) is -5.18. The maximum absolute atomic E-state index is 12.9. The zero-order valence-electron chi connectivity index (χ0n) is 7.89. The maximum Gasteiger partial charge on any atom is 0.573 e. The van der Waals surface area contributed by atoms with Gasteiger partial charge in [-0.2, -0.15) is 4.39 Å². The summed E-state index contributed by atoms with van der Waals surface area (Å²) in [4.78, 5) is 13.2. The fraction of sp³-hybridized carbons (Fsp3) is 0.250. The molecule has 1 rings (SSSR count). The van der Waals surface area contributed by atoms with E-state index in [1.807, 2.05) is 0 Å². The molecule has 0 fully saturated rings. The molecule has 0 saturated heterocycles. The third-order valence-corrected chi connectivity index (χ3v) is 1.60. The molecular weight excluding hydrogens is 253 g/mol. The van der Waals surface area contributed by atoms with Gasteiger partial charge in [0.25, 0.3) is 5.95 Å². The van der Waals surface area contributed by atoms with E-state index in [1.165, 1.54) is 0 Å². The van der Waals surface area contributed by atoms with Crippen LogP contribution in [0.5, 0.6) is 5.75 Å². The minimum absolute atomic E-state index is 0.305. The summed E-state index contributed by atoms with van der Waals surface area (Å²) in [6, 6.07) is 0.305. The van der Waals surface area contributed by atoms with Crippen LogP contribution in [0.15, 0.2) is 6.07 Å². The van der Waals surface area contributed by atoms with Crippen LogP contribution in [0.3, 0.4) is 0 Å². The van der Waals surface area contributed by atoms with Crippen LogP contribution in [0.25, 0.3) is 0 Å². The summed E-state index contributed by atoms with van der Waals surface area (Å²) < 4.78 is 63.8. The Kier molecular flexibility index (Phi) is 3.49. The second kappa shape index (κ2) is 4.52. The smallest absolute Gasteiger partial charge is 0.476 e. The summed E-state index contributed by atoms with van der Waals surface area (Å²) in [5.41, 5.74) is -1.71. The maximum atomic E-state index is 12.9. The fourth-order valence-electron chi connectivity index (χ4n) is 0.995. The molecule has 1 aromatic rings. The lowest BCUT2D eigenvalue weighted by atomic mass is 10.2. The number of pyridine rings is 1. The number of nitrogens with zero attached hydrogens (tertiary/aromatic N) is 1. The van der Waals surface area contributed by atoms with Crippen LogP contribution in [0, 0.1) is 5.95 Å². The van der Waals surface area contributed by atoms with Crippen LogP contribution in [0.2, 0.25) is 0 Å². The highest BCUT2D eigenvalue weighted by atomic mass is 19.4. The molecule has 0 atom stereocenters. The van der Waals surface area contributed by atoms with E-state index in [-0.39, 0.29) is 0 Å². The number of carbonyl (C=O) groups is 1. The van der Waals surface area contributed by atoms with Gasteiger partial charge >= 0.3 is 12.3 Å². The predicted octanol–water partition coefficient (Wildman–Crippen LogP) is 2.29. The van der Waals surface area contributed by atoms with Crippen LogP contribution in [0.4, 0.5) is 22.0 Å². The highest BCUT2D eigenvalue weighted by molar-refractivity contribution is 5.87. The van der Waals surface area contributed by atoms with Crippen molar-refractivity contribution in [3.63, 3.8) is 0 Å². The third kappa shape index (κ3) is 3.26. The molecule has 1 heterocycles. The number of hydrogen-bond acceptors (Lipinski definition) is 3. The molecule has 0 amide bonds. The minimum atomic E-state index is -5.18. The third-order valence-electron chi connectivity index (χ3n) is 1.60. The number of carboxylic acids is 1. The van der Waals surface area contributed by atoms with Gasteiger partial charge in [0, 0.05) is 5.56 Å². The first kappa shape index (κ1) is 13.1. The molecule has 0 aliphatic heterocycles. The van der Waals surface area contributed by atoms with E-state index in [1.54, 1.807) is 0 Å². The Hall–Kier alpha value is -1.93. The van der Waals surface area contributed by atoms with Crippen LogP contribution in [0.1, 0.15) is 16.1 Å². The molecular formula is C8H4F5NO3. The first-order valence-electron chi connectivity index (χ1n) is 3.99. The molecule has 0 radical (unpaired) electrons. The van der Waals surface area contributed by atoms with Gasteiger partial charge in [-0.3, -0.25) is 0 Å². The summed E-state index contributed by atoms with van der Waals surface area (Å²) in [7, 11) is 0. The Labute approximate surface area is 90.6 Å². The molecule has 9 heteroatoms. The molecule has 0 saturated carbocycles. The van der Waals surface area contributed by atoms with Crippen LogP contribution in [-0.4, -0.2) is 22.4 Å². The molecule has 0 aliphatic carbocycles. The van der Waals surface area contributed by atoms with Crippen molar-refractivity contribution in [3.05, 3.63) is 23.3 Å². The largest absolute Gasteiger partial charge is 0.573 e. The molecule has 4 nitrogen and oxygen atoms in total. The van der Waals surface area contributed by atoms with Crippen molar-refractivity contribution in [2.24, 2.45) is 0 Å². The van der Waals surface area contributed by atoms with E-state index in [0.29, 0.717) is 6.07 Å². The second-order valence-electron chi connectivity index (χ2n) is 2.77. The number of carboxylic acid groups (broad SMARTS) is 1. The molecule has 1 aromatic heterocycles. The van der Waals surface area contributed by atoms with Gasteiger partial charge in [-0.25, -0.2) is 14.2 Å². The molecule has 17 heavy (non-hydrogen) atoms. The molecule has 0 unspecified atom stereocenters. The molecule has 0 aromatic carbocycles. The second-order valence-corrected chi connectivity index (χ2v) is 2.77. The quantitative estimate of drug-likeness (QED) is 0.666. The van der Waals surface area contributed by atoms with Crippen molar-refractivity contribution in [3.8, 4) is 5.75 Å². The number of ether oxygens (including phenoxy) is 1. The average Bonchev–Trinajstić information content (AvgIpc) is 2.18. The van der Waals surface area contributed by atoms with E-state index in [0.717, 1.165) is 0 Å². The van der Waals surface area contributed by atoms with E-state index in [2.05, 4.69) is 9.72 Å². The van der Waals surface area contributed by atoms with Crippen molar-refractivity contribution < 1.29 is 36.6 Å². The number of alkyl halides is 4. The van der Waals surface area contributed by atoms with Gasteiger partial charge in [-0.05, 0) is 6.07 Å². The molecule has 1 N–H and O–H groups in total. The van der Waals surface area contributed by atoms with Gasteiger partial charge in [-0.15, -0.1) is 13.2 Å². The van der Waals surface area contributed by atoms with Crippen LogP contribution in [-0.2, 0) is 6.67 Å². The zero-order valence-corrected chi connectivity index (χ0v) is 7.89. The van der Waals surface area contributed by atoms with Crippen molar-refractivity contribution in [1.82, 2.24) is 4.98 Å². The standard InChI is InChI=1S/C8H4F5NO3/c9-2-3-1-4(17-8(11,12)13)6(10)14-5(3)7(15)16/h1H,2H2,(H,15,16). The number of hydrogen-bond donors (Lipinski definition) is 1. The van der Waals surface area contributed by atoms with Crippen LogP contribution < -0.4 is 4.74 Å². The normalized spacial score (nSPS) is 11.4. The number of halogens is 5. The Bertz CT molecular complexity index is 446. The zero-order chi connectivity index (χ0) is 13.2. The van der Waals surface area contributed by atoms with E-state index >= 15 is 0 Å². The first-order valence-corrected chi connectivity index (χ1v) is 3.99. The average molecular weight is 257 g/mol. The number of aromatic nitrogens is 1. The van der Waals surface area contributed by atoms with Crippen molar-refractivity contribution in [2.75, 3.05) is 0 Å². The van der Waals surface area contributed by atoms with E-state index < -0.39 is 42.0 Å². The monoisotopic (exact) mass is 257 g/mol. The summed E-state index contributed by atoms with van der Waals surface area (Å²) in [5, 5.41) is 8.49. The van der Waals surface area contributed by atoms with Crippen molar-refractivity contribution >= 4 is 5.97 Å². The molecule has 0 aliphatic rings. The van der Waals surface area contributed by atoms with Crippen molar-refractivity contribution in [2.45, 2.75) is 13.0 Å². The Morgan fingerprint density at radius 2 is 2.06 bits per heavy atom. The Morgan fingerprint density at radius 1 is 1.47 bits per heavy atom. The van der Waals surface area contributed by atoms with Gasteiger partial charge in [0.1, 0.15) is 6.67 Å². The highest BCUT2D eigenvalue weighted by Crippen LogP contribution is 2.27. The first-order chi connectivity index (χ1) is 7.74. The topological polar surface area (TPSA) is 59.4 Å². The lowest BCUT2D eigenvalue weighted by molar-refractivity contribution is -0.275. The molecule has 94 valence electrons. The lowest BCUT2D eigenvalue weighted by Gasteiger charge is -2.10. The van der Waals surface area contributed by atoms with Gasteiger partial charge in [-0.1, -0.05) is 0 Å². The van der Waals surface area contributed by atoms with Gasteiger partial charge in [0.2, 0.25) is 0 Å². The van der Waals surface area contributed by atoms with Gasteiger partial charge < -0.3 is 9.84 Å². The summed E-state index contributed by atoms with van der Waals surface area (Å²) in [6.45, 7) is -1.41.